The summed E-state index contributed by atoms with van der Waals surface area (Å²) in [7, 11) is -3.53. The number of rotatable bonds is 6. The molecule has 5 rings (SSSR count). The van der Waals surface area contributed by atoms with Crippen LogP contribution in [0, 0.1) is 6.92 Å². The summed E-state index contributed by atoms with van der Waals surface area (Å²) in [5.41, 5.74) is 4.61. The number of nitrogens with one attached hydrogen (secondary N) is 1. The Balaban J connectivity index is 1.21. The Morgan fingerprint density at radius 2 is 1.47 bits per heavy atom. The van der Waals surface area contributed by atoms with Gasteiger partial charge >= 0.3 is 0 Å². The van der Waals surface area contributed by atoms with Gasteiger partial charge in [0.05, 0.1) is 17.7 Å². The van der Waals surface area contributed by atoms with Crippen molar-refractivity contribution in [2.24, 2.45) is 5.10 Å². The van der Waals surface area contributed by atoms with Crippen molar-refractivity contribution in [3.8, 4) is 0 Å². The number of fused-ring (bicyclic) bond motifs is 2. The molecule has 7 nitrogen and oxygen atoms in total. The summed E-state index contributed by atoms with van der Waals surface area (Å²) in [4.78, 5) is 14.8. The molecule has 0 bridgehead atoms. The first-order valence-electron chi connectivity index (χ1n) is 11.9. The summed E-state index contributed by atoms with van der Waals surface area (Å²) in [6.07, 6.45) is 1.70. The molecule has 8 heteroatoms. The Morgan fingerprint density at radius 1 is 0.889 bits per heavy atom. The van der Waals surface area contributed by atoms with Crippen LogP contribution in [0.4, 0.5) is 0 Å². The number of piperazine rings is 1. The lowest BCUT2D eigenvalue weighted by Crippen LogP contribution is -2.50. The van der Waals surface area contributed by atoms with Gasteiger partial charge in [-0.1, -0.05) is 66.2 Å². The van der Waals surface area contributed by atoms with Crippen LogP contribution >= 0.6 is 0 Å². The van der Waals surface area contributed by atoms with E-state index >= 15 is 0 Å². The first-order chi connectivity index (χ1) is 17.4. The number of hydrazone groups is 1. The zero-order valence-corrected chi connectivity index (χ0v) is 20.9. The summed E-state index contributed by atoms with van der Waals surface area (Å²) in [5, 5.41) is 8.62. The number of carbonyl (C=O) groups is 1. The molecule has 36 heavy (non-hydrogen) atoms. The first kappa shape index (κ1) is 24.1. The van der Waals surface area contributed by atoms with Gasteiger partial charge < -0.3 is 0 Å². The van der Waals surface area contributed by atoms with Gasteiger partial charge in [0.15, 0.2) is 0 Å². The van der Waals surface area contributed by atoms with E-state index in [0.717, 1.165) is 32.7 Å². The van der Waals surface area contributed by atoms with Crippen molar-refractivity contribution in [3.63, 3.8) is 0 Å². The standard InChI is InChI=1S/C28H28N4O3S/c1-21-10-12-24(13-11-21)36(34,35)32-16-14-31(15-17-32)20-28(33)30-29-19-27-25-8-4-2-6-22(25)18-23-7-3-5-9-26(23)27/h2-13,18-19H,14-17,20H2,1H3,(H,30,33). The van der Waals surface area contributed by atoms with E-state index in [1.807, 2.05) is 36.1 Å². The average Bonchev–Trinajstić information content (AvgIpc) is 2.89. The Bertz CT molecular complexity index is 1490. The van der Waals surface area contributed by atoms with Crippen molar-refractivity contribution in [1.82, 2.24) is 14.6 Å². The smallest absolute Gasteiger partial charge is 0.254 e. The molecule has 0 radical (unpaired) electrons. The van der Waals surface area contributed by atoms with E-state index in [9.17, 15) is 13.2 Å². The highest BCUT2D eigenvalue weighted by atomic mass is 32.2. The van der Waals surface area contributed by atoms with Crippen LogP contribution in [-0.2, 0) is 14.8 Å². The normalized spacial score (nSPS) is 15.6. The van der Waals surface area contributed by atoms with Crippen LogP contribution in [0.2, 0.25) is 0 Å². The monoisotopic (exact) mass is 500 g/mol. The number of nitrogens with zero attached hydrogens (tertiary/aromatic N) is 3. The molecule has 0 spiro atoms. The summed E-state index contributed by atoms with van der Waals surface area (Å²) in [6, 6.07) is 25.3. The molecule has 0 atom stereocenters. The Labute approximate surface area is 211 Å². The van der Waals surface area contributed by atoms with E-state index in [0.29, 0.717) is 31.1 Å². The fourth-order valence-corrected chi connectivity index (χ4v) is 6.00. The van der Waals surface area contributed by atoms with Gasteiger partial charge in [0, 0.05) is 31.7 Å². The van der Waals surface area contributed by atoms with E-state index in [4.69, 9.17) is 0 Å². The number of aryl methyl sites for hydroxylation is 1. The van der Waals surface area contributed by atoms with Crippen LogP contribution in [0.3, 0.4) is 0 Å². The molecule has 0 unspecified atom stereocenters. The highest BCUT2D eigenvalue weighted by molar-refractivity contribution is 7.89. The lowest BCUT2D eigenvalue weighted by molar-refractivity contribution is -0.122. The van der Waals surface area contributed by atoms with Gasteiger partial charge in [-0.2, -0.15) is 9.41 Å². The third-order valence-corrected chi connectivity index (χ3v) is 8.47. The molecule has 184 valence electrons. The Kier molecular flexibility index (Phi) is 6.82. The third-order valence-electron chi connectivity index (χ3n) is 6.55. The van der Waals surface area contributed by atoms with E-state index in [-0.39, 0.29) is 12.5 Å². The van der Waals surface area contributed by atoms with Gasteiger partial charge in [0.2, 0.25) is 10.0 Å². The largest absolute Gasteiger partial charge is 0.292 e. The minimum atomic E-state index is -3.53. The molecule has 1 saturated heterocycles. The summed E-state index contributed by atoms with van der Waals surface area (Å²) >= 11 is 0. The summed E-state index contributed by atoms with van der Waals surface area (Å²) in [5.74, 6) is -0.231. The van der Waals surface area contributed by atoms with E-state index in [1.165, 1.54) is 4.31 Å². The maximum atomic E-state index is 12.9. The molecule has 0 aromatic heterocycles. The fourth-order valence-electron chi connectivity index (χ4n) is 4.58. The number of hydrogen-bond acceptors (Lipinski definition) is 5. The number of hydrogen-bond donors (Lipinski definition) is 1. The topological polar surface area (TPSA) is 82.1 Å². The quantitative estimate of drug-likeness (QED) is 0.248. The van der Waals surface area contributed by atoms with Crippen LogP contribution in [0.1, 0.15) is 11.1 Å². The maximum absolute atomic E-state index is 12.9. The van der Waals surface area contributed by atoms with Gasteiger partial charge in [-0.3, -0.25) is 9.69 Å². The van der Waals surface area contributed by atoms with E-state index in [2.05, 4.69) is 40.9 Å². The van der Waals surface area contributed by atoms with Gasteiger partial charge in [-0.25, -0.2) is 13.8 Å². The molecule has 1 N–H and O–H groups in total. The highest BCUT2D eigenvalue weighted by Gasteiger charge is 2.28. The van der Waals surface area contributed by atoms with Crippen molar-refractivity contribution in [1.29, 1.82) is 0 Å². The molecule has 1 aliphatic heterocycles. The number of sulfonamides is 1. The second-order valence-corrected chi connectivity index (χ2v) is 11.0. The molecule has 1 amide bonds. The number of amides is 1. The Hall–Kier alpha value is -3.59. The van der Waals surface area contributed by atoms with Crippen LogP contribution in [0.15, 0.2) is 88.9 Å². The van der Waals surface area contributed by atoms with Crippen molar-refractivity contribution < 1.29 is 13.2 Å². The van der Waals surface area contributed by atoms with Gasteiger partial charge in [0.25, 0.3) is 5.91 Å². The SMILES string of the molecule is Cc1ccc(S(=O)(=O)N2CCN(CC(=O)NN=Cc3c4ccccc4cc4ccccc34)CC2)cc1. The lowest BCUT2D eigenvalue weighted by Gasteiger charge is -2.33. The van der Waals surface area contributed by atoms with Crippen LogP contribution in [0.25, 0.3) is 21.5 Å². The van der Waals surface area contributed by atoms with Crippen molar-refractivity contribution in [2.75, 3.05) is 32.7 Å². The minimum absolute atomic E-state index is 0.159. The average molecular weight is 501 g/mol. The van der Waals surface area contributed by atoms with E-state index < -0.39 is 10.0 Å². The fraction of sp³-hybridized carbons (Fsp3) is 0.214. The zero-order chi connectivity index (χ0) is 25.1. The summed E-state index contributed by atoms with van der Waals surface area (Å²) < 4.78 is 27.3. The lowest BCUT2D eigenvalue weighted by atomic mass is 9.97. The molecule has 1 aliphatic rings. The summed E-state index contributed by atoms with van der Waals surface area (Å²) in [6.45, 7) is 3.73. The number of benzene rings is 4. The minimum Gasteiger partial charge on any atom is -0.292 e. The molecule has 4 aromatic carbocycles. The van der Waals surface area contributed by atoms with Crippen molar-refractivity contribution in [3.05, 3.63) is 90.0 Å². The zero-order valence-electron chi connectivity index (χ0n) is 20.1. The highest BCUT2D eigenvalue weighted by Crippen LogP contribution is 2.27. The van der Waals surface area contributed by atoms with Crippen LogP contribution in [0.5, 0.6) is 0 Å². The second kappa shape index (κ2) is 10.2. The van der Waals surface area contributed by atoms with Crippen LogP contribution in [-0.4, -0.2) is 62.5 Å². The molecule has 1 heterocycles. The van der Waals surface area contributed by atoms with Gasteiger partial charge in [-0.15, -0.1) is 0 Å². The molecule has 4 aromatic rings. The molecule has 1 fully saturated rings. The predicted octanol–water partition coefficient (Wildman–Crippen LogP) is 3.76. The molecule has 0 aliphatic carbocycles. The predicted molar refractivity (Wildman–Crippen MR) is 144 cm³/mol. The molecular formula is C28H28N4O3S. The third kappa shape index (κ3) is 5.02. The second-order valence-electron chi connectivity index (χ2n) is 9.02. The molecule has 0 saturated carbocycles. The maximum Gasteiger partial charge on any atom is 0.254 e. The Morgan fingerprint density at radius 3 is 2.08 bits per heavy atom. The van der Waals surface area contributed by atoms with Crippen molar-refractivity contribution in [2.45, 2.75) is 11.8 Å². The van der Waals surface area contributed by atoms with Gasteiger partial charge in [-0.05, 0) is 46.7 Å². The van der Waals surface area contributed by atoms with Gasteiger partial charge in [0.1, 0.15) is 0 Å². The van der Waals surface area contributed by atoms with Crippen LogP contribution < -0.4 is 5.43 Å². The molecular weight excluding hydrogens is 472 g/mol. The van der Waals surface area contributed by atoms with E-state index in [1.54, 1.807) is 30.5 Å². The number of carbonyl (C=O) groups excluding carboxylic acids is 1. The van der Waals surface area contributed by atoms with Crippen molar-refractivity contribution >= 4 is 43.7 Å². The first-order valence-corrected chi connectivity index (χ1v) is 13.4.